The number of rotatable bonds is 7. The van der Waals surface area contributed by atoms with E-state index in [9.17, 15) is 9.18 Å². The van der Waals surface area contributed by atoms with Crippen molar-refractivity contribution >= 4 is 22.9 Å². The molecule has 182 valence electrons. The average molecular weight is 469 g/mol. The maximum Gasteiger partial charge on any atom is 0.260 e. The topological polar surface area (TPSA) is 60.0 Å². The molecular weight excluding hydrogens is 435 g/mol. The Morgan fingerprint density at radius 1 is 1.06 bits per heavy atom. The Kier molecular flexibility index (Phi) is 7.36. The molecule has 0 unspecified atom stereocenters. The Hall–Kier alpha value is -2.74. The highest BCUT2D eigenvalue weighted by atomic mass is 19.1. The number of amides is 1. The van der Waals surface area contributed by atoms with Gasteiger partial charge in [0.05, 0.1) is 18.8 Å². The second-order valence-corrected chi connectivity index (χ2v) is 8.91. The van der Waals surface area contributed by atoms with E-state index in [-0.39, 0.29) is 19.2 Å². The second-order valence-electron chi connectivity index (χ2n) is 8.91. The fourth-order valence-corrected chi connectivity index (χ4v) is 5.32. The number of halogens is 1. The van der Waals surface area contributed by atoms with Crippen LogP contribution in [0.25, 0.3) is 11.3 Å². The summed E-state index contributed by atoms with van der Waals surface area (Å²) in [7, 11) is 3.51. The van der Waals surface area contributed by atoms with Crippen LogP contribution in [0.2, 0.25) is 0 Å². The largest absolute Gasteiger partial charge is 0.487 e. The molecule has 6 nitrogen and oxygen atoms in total. The molecular formula is C27H33FN2O4. The molecule has 0 saturated carbocycles. The minimum absolute atomic E-state index is 0. The maximum absolute atomic E-state index is 13.8. The lowest BCUT2D eigenvalue weighted by Gasteiger charge is -2.29. The number of fused-ring (bicyclic) bond motifs is 2. The lowest BCUT2D eigenvalue weighted by Crippen LogP contribution is -2.41. The van der Waals surface area contributed by atoms with Crippen LogP contribution in [0.1, 0.15) is 42.5 Å². The van der Waals surface area contributed by atoms with Crippen LogP contribution in [0.4, 0.5) is 10.1 Å². The van der Waals surface area contributed by atoms with Gasteiger partial charge in [0.15, 0.2) is 0 Å². The summed E-state index contributed by atoms with van der Waals surface area (Å²) >= 11 is 0. The molecule has 2 aromatic rings. The smallest absolute Gasteiger partial charge is 0.260 e. The van der Waals surface area contributed by atoms with Crippen LogP contribution in [0.3, 0.4) is 0 Å². The van der Waals surface area contributed by atoms with Crippen molar-refractivity contribution in [3.05, 3.63) is 64.5 Å². The Labute approximate surface area is 200 Å². The van der Waals surface area contributed by atoms with Crippen LogP contribution in [0, 0.1) is 5.82 Å². The number of nitrogens with one attached hydrogen (secondary N) is 1. The Balaban J connectivity index is 0.00000274. The molecule has 1 fully saturated rings. The number of methoxy groups -OCH3 is 2. The van der Waals surface area contributed by atoms with E-state index in [2.05, 4.69) is 22.3 Å². The molecule has 0 spiro atoms. The van der Waals surface area contributed by atoms with Crippen molar-refractivity contribution in [1.82, 2.24) is 4.90 Å². The Bertz CT molecular complexity index is 1090. The number of benzene rings is 2. The Morgan fingerprint density at radius 3 is 2.50 bits per heavy atom. The molecule has 0 aliphatic carbocycles. The lowest BCUT2D eigenvalue weighted by molar-refractivity contribution is -0.110. The molecule has 3 aliphatic rings. The molecule has 5 rings (SSSR count). The first-order chi connectivity index (χ1) is 16.1. The Morgan fingerprint density at radius 2 is 1.79 bits per heavy atom. The van der Waals surface area contributed by atoms with E-state index < -0.39 is 0 Å². The van der Waals surface area contributed by atoms with Crippen LogP contribution in [0.5, 0.6) is 0 Å². The number of hydrogen-bond donors (Lipinski definition) is 1. The van der Waals surface area contributed by atoms with Gasteiger partial charge < -0.3 is 19.5 Å². The zero-order valence-corrected chi connectivity index (χ0v) is 19.0. The van der Waals surface area contributed by atoms with Gasteiger partial charge in [-0.25, -0.2) is 4.39 Å². The van der Waals surface area contributed by atoms with Crippen LogP contribution in [-0.4, -0.2) is 56.9 Å². The number of carbonyl (C=O) groups excluding carboxylic acids is 1. The highest BCUT2D eigenvalue weighted by molar-refractivity contribution is 6.36. The van der Waals surface area contributed by atoms with Gasteiger partial charge >= 0.3 is 0 Å². The van der Waals surface area contributed by atoms with Gasteiger partial charge in [-0.1, -0.05) is 25.6 Å². The number of nitrogens with zero attached hydrogens (tertiary/aromatic N) is 1. The van der Waals surface area contributed by atoms with Gasteiger partial charge in [0.25, 0.3) is 5.91 Å². The number of likely N-dealkylation sites (tertiary alicyclic amines) is 1. The summed E-state index contributed by atoms with van der Waals surface area (Å²) in [5.41, 5.74) is 4.74. The van der Waals surface area contributed by atoms with Gasteiger partial charge in [0.1, 0.15) is 18.2 Å². The zero-order valence-electron chi connectivity index (χ0n) is 19.0. The van der Waals surface area contributed by atoms with Crippen molar-refractivity contribution in [1.29, 1.82) is 0 Å². The van der Waals surface area contributed by atoms with E-state index in [1.807, 2.05) is 6.07 Å². The summed E-state index contributed by atoms with van der Waals surface area (Å²) < 4.78 is 30.7. The molecule has 2 atom stereocenters. The maximum atomic E-state index is 13.8. The minimum Gasteiger partial charge on any atom is -0.487 e. The fourth-order valence-electron chi connectivity index (χ4n) is 5.32. The van der Waals surface area contributed by atoms with E-state index in [1.165, 1.54) is 17.7 Å². The molecule has 34 heavy (non-hydrogen) atoms. The molecule has 0 radical (unpaired) electrons. The summed E-state index contributed by atoms with van der Waals surface area (Å²) in [5.74, 6) is -0.111. The van der Waals surface area contributed by atoms with Gasteiger partial charge in [-0.05, 0) is 43.0 Å². The number of hydrogen-bond acceptors (Lipinski definition) is 5. The second kappa shape index (κ2) is 10.3. The normalized spacial score (nSPS) is 23.3. The monoisotopic (exact) mass is 468 g/mol. The van der Waals surface area contributed by atoms with Crippen molar-refractivity contribution in [3.63, 3.8) is 0 Å². The van der Waals surface area contributed by atoms with Crippen molar-refractivity contribution in [3.8, 4) is 0 Å². The van der Waals surface area contributed by atoms with E-state index in [4.69, 9.17) is 14.2 Å². The lowest BCUT2D eigenvalue weighted by atomic mass is 9.98. The summed E-state index contributed by atoms with van der Waals surface area (Å²) in [5, 5.41) is 2.80. The fraction of sp³-hybridized carbons (Fsp3) is 0.444. The van der Waals surface area contributed by atoms with E-state index in [1.54, 1.807) is 20.3 Å². The first-order valence-electron chi connectivity index (χ1n) is 11.4. The third-order valence-electron chi connectivity index (χ3n) is 6.89. The highest BCUT2D eigenvalue weighted by Gasteiger charge is 2.34. The van der Waals surface area contributed by atoms with Crippen LogP contribution in [0.15, 0.2) is 36.4 Å². The van der Waals surface area contributed by atoms with E-state index >= 15 is 0 Å². The number of carbonyl (C=O) groups is 1. The quantitative estimate of drug-likeness (QED) is 0.607. The van der Waals surface area contributed by atoms with Gasteiger partial charge in [-0.3, -0.25) is 9.69 Å². The third kappa shape index (κ3) is 4.48. The molecule has 2 aromatic carbocycles. The van der Waals surface area contributed by atoms with Gasteiger partial charge in [0, 0.05) is 55.2 Å². The van der Waals surface area contributed by atoms with E-state index in [0.717, 1.165) is 50.1 Å². The van der Waals surface area contributed by atoms with Gasteiger partial charge in [0.2, 0.25) is 0 Å². The summed E-state index contributed by atoms with van der Waals surface area (Å²) in [6.07, 6.45) is 3.16. The molecule has 1 saturated heterocycles. The van der Waals surface area contributed by atoms with Crippen molar-refractivity contribution in [2.75, 3.05) is 39.3 Å². The van der Waals surface area contributed by atoms with Crippen molar-refractivity contribution in [2.24, 2.45) is 0 Å². The molecule has 1 amide bonds. The standard InChI is InChI=1S/C26H29FN2O4.CH4/c1-31-14-19-5-6-20(15-32-2)29(19)10-9-16-3-7-21-17(11-16)13-33-25(21)24-22-12-18(27)4-8-23(22)28-26(24)30;/h3-4,7-8,11-12,19-20H,5-6,9-10,13-15H2,1-2H3,(H,28,30);1H4/b25-24+;/t19-,20-;/m0./s1. The predicted molar refractivity (Wildman–Crippen MR) is 131 cm³/mol. The zero-order chi connectivity index (χ0) is 22.9. The molecule has 7 heteroatoms. The van der Waals surface area contributed by atoms with Gasteiger partial charge in [-0.2, -0.15) is 0 Å². The van der Waals surface area contributed by atoms with E-state index in [0.29, 0.717) is 41.3 Å². The summed E-state index contributed by atoms with van der Waals surface area (Å²) in [6, 6.07) is 11.4. The van der Waals surface area contributed by atoms with Crippen LogP contribution >= 0.6 is 0 Å². The minimum atomic E-state index is -0.377. The molecule has 1 N–H and O–H groups in total. The summed E-state index contributed by atoms with van der Waals surface area (Å²) in [6.45, 7) is 2.81. The molecule has 0 aromatic heterocycles. The average Bonchev–Trinajstić information content (AvgIpc) is 3.47. The van der Waals surface area contributed by atoms with Crippen molar-refractivity contribution < 1.29 is 23.4 Å². The number of anilines is 1. The molecule has 3 aliphatic heterocycles. The molecule has 0 bridgehead atoms. The van der Waals surface area contributed by atoms with Crippen molar-refractivity contribution in [2.45, 2.75) is 45.4 Å². The first-order valence-corrected chi connectivity index (χ1v) is 11.4. The first kappa shape index (κ1) is 24.4. The molecule has 3 heterocycles. The van der Waals surface area contributed by atoms with Gasteiger partial charge in [-0.15, -0.1) is 0 Å². The van der Waals surface area contributed by atoms with Crippen LogP contribution in [-0.2, 0) is 32.0 Å². The number of ether oxygens (including phenoxy) is 3. The SMILES string of the molecule is C.COC[C@@H]1CC[C@@H](COC)N1CCc1ccc2c(c1)CO/C2=C1/C(=O)Nc2ccc(F)cc21. The third-order valence-corrected chi connectivity index (χ3v) is 6.89. The highest BCUT2D eigenvalue weighted by Crippen LogP contribution is 2.42. The summed E-state index contributed by atoms with van der Waals surface area (Å²) in [4.78, 5) is 15.1. The predicted octanol–water partition coefficient (Wildman–Crippen LogP) is 4.48. The van der Waals surface area contributed by atoms with Crippen LogP contribution < -0.4 is 5.32 Å².